The van der Waals surface area contributed by atoms with Crippen molar-refractivity contribution in [3.8, 4) is 11.5 Å². The molecule has 3 N–H and O–H groups in total. The van der Waals surface area contributed by atoms with Gasteiger partial charge in [0.25, 0.3) is 6.47 Å². The molecule has 26 heteroatoms. The fraction of sp³-hybridized carbons (Fsp3) is 0.513. The van der Waals surface area contributed by atoms with Crippen LogP contribution in [0.1, 0.15) is 77.3 Å². The maximum Gasteiger partial charge on any atom is 1.00 e. The van der Waals surface area contributed by atoms with Gasteiger partial charge in [-0.1, -0.05) is 50.8 Å². The number of benzene rings is 2. The molecule has 65 heavy (non-hydrogen) atoms. The summed E-state index contributed by atoms with van der Waals surface area (Å²) in [7, 11) is 0. The fourth-order valence-corrected chi connectivity index (χ4v) is 6.10. The van der Waals surface area contributed by atoms with Crippen LogP contribution in [-0.2, 0) is 44.5 Å². The molecule has 6 rings (SSSR count). The van der Waals surface area contributed by atoms with E-state index in [1.165, 1.54) is 24.3 Å². The Labute approximate surface area is 493 Å². The average molecular weight is 1190 g/mol. The van der Waals surface area contributed by atoms with Gasteiger partial charge < -0.3 is 40.7 Å². The molecule has 2 aromatic carbocycles. The molecule has 0 aliphatic carbocycles. The van der Waals surface area contributed by atoms with Crippen LogP contribution < -0.4 is 168 Å². The van der Waals surface area contributed by atoms with Crippen LogP contribution in [-0.4, -0.2) is 84.3 Å². The van der Waals surface area contributed by atoms with E-state index in [0.29, 0.717) is 80.3 Å². The van der Waals surface area contributed by atoms with Gasteiger partial charge in [0.05, 0.1) is 35.8 Å². The summed E-state index contributed by atoms with van der Waals surface area (Å²) < 4.78 is 99.0. The molecule has 2 aliphatic heterocycles. The molecule has 2 aromatic heterocycles. The van der Waals surface area contributed by atoms with E-state index in [4.69, 9.17) is 40.2 Å². The first-order valence-corrected chi connectivity index (χ1v) is 20.1. The number of halogens is 7. The number of urea groups is 2. The van der Waals surface area contributed by atoms with E-state index in [1.807, 2.05) is 13.8 Å². The summed E-state index contributed by atoms with van der Waals surface area (Å²) in [5, 5.41) is 21.9. The first kappa shape index (κ1) is 61.3. The number of fused-ring (bicyclic) bond motifs is 2. The van der Waals surface area contributed by atoms with Crippen molar-refractivity contribution in [1.29, 1.82) is 0 Å². The number of ether oxygens (including phenoxy) is 2. The summed E-state index contributed by atoms with van der Waals surface area (Å²) in [6, 6.07) is 4.81. The van der Waals surface area contributed by atoms with Crippen molar-refractivity contribution in [2.75, 3.05) is 38.7 Å². The van der Waals surface area contributed by atoms with Crippen molar-refractivity contribution >= 4 is 63.9 Å². The largest absolute Gasteiger partial charge is 1.00 e. The quantitative estimate of drug-likeness (QED) is 0.0393. The van der Waals surface area contributed by atoms with Gasteiger partial charge in [-0.3, -0.25) is 24.6 Å². The number of nitrogens with zero attached hydrogens (tertiary/aromatic N) is 3. The molecule has 0 radical (unpaired) electrons. The van der Waals surface area contributed by atoms with Crippen LogP contribution in [0.5, 0.6) is 11.5 Å². The molecule has 2 saturated heterocycles. The standard InChI is InChI=1S/C19H22F3N3O4.C14H15ClF3NO2.C5H8N2O2.CH2O3.2Cs.H/c1-3-5-12-14(7-6-13-15(12)29-24-16(13)19(20,21)22)28-9-4-8-25-17(26)11(2)10-23-18(25)27;1-2-4-9-11(20-8-3-7-15)6-5-10-12(9)21-19-13(10)14(16,17)18;1-3-2-6-5(9)7-4(3)8;2-1-4-3;;;/h6-7,11H,3-5,8-10H2,1-2H3,(H,23,27);5-6H,2-4,7-8H2,1H3;3H,2H2,1H3,(H2,6,7,8,9);1,3H;;;/q;;;;2*+1;-1/p-1. The topological polar surface area (TPSA) is 227 Å². The number of carbonyl (C=O) groups excluding carboxylic acids is 5. The Morgan fingerprint density at radius 2 is 1.28 bits per heavy atom. The second kappa shape index (κ2) is 30.0. The van der Waals surface area contributed by atoms with Crippen LogP contribution in [0.25, 0.3) is 21.9 Å². The Bertz CT molecular complexity index is 2180. The predicted octanol–water partition coefficient (Wildman–Crippen LogP) is 0.580. The van der Waals surface area contributed by atoms with Crippen LogP contribution in [0.2, 0.25) is 0 Å². The van der Waals surface area contributed by atoms with Gasteiger partial charge in [-0.05, 0) is 49.9 Å². The number of aromatic nitrogens is 2. The Morgan fingerprint density at radius 1 is 0.815 bits per heavy atom. The van der Waals surface area contributed by atoms with Gasteiger partial charge in [-0.15, -0.1) is 11.6 Å². The van der Waals surface area contributed by atoms with Crippen molar-refractivity contribution in [1.82, 2.24) is 31.2 Å². The molecule has 0 saturated carbocycles. The van der Waals surface area contributed by atoms with Crippen LogP contribution in [0.4, 0.5) is 35.9 Å². The SMILES string of the molecule is CC1CNC(=O)NC1=O.CCCc1c(OCCCCl)ccc2c(C(F)(F)F)noc12.CCCc1c(OCCCN2C(=O)NCC(C)C2=O)ccc2c(C(F)(F)F)noc12.O=CO[O-].[Cs+].[Cs+].[H-]. The number of imide groups is 2. The number of hydrogen-bond donors (Lipinski definition) is 3. The average Bonchev–Trinajstić information content (AvgIpc) is 3.89. The van der Waals surface area contributed by atoms with Crippen molar-refractivity contribution in [2.24, 2.45) is 11.8 Å². The van der Waals surface area contributed by atoms with Crippen molar-refractivity contribution in [3.05, 3.63) is 46.8 Å². The van der Waals surface area contributed by atoms with Crippen molar-refractivity contribution in [2.45, 2.75) is 78.6 Å². The molecule has 0 spiro atoms. The van der Waals surface area contributed by atoms with Crippen molar-refractivity contribution in [3.63, 3.8) is 0 Å². The summed E-state index contributed by atoms with van der Waals surface area (Å²) in [6.07, 6.45) is -5.63. The number of hydrogen-bond acceptors (Lipinski definition) is 13. The normalized spacial score (nSPS) is 15.8. The van der Waals surface area contributed by atoms with Crippen LogP contribution in [0.3, 0.4) is 0 Å². The molecule has 0 bridgehead atoms. The molecule has 2 fully saturated rings. The zero-order chi connectivity index (χ0) is 46.9. The Balaban J connectivity index is 0.000000996. The van der Waals surface area contributed by atoms with Gasteiger partial charge >= 0.3 is 162 Å². The van der Waals surface area contributed by atoms with E-state index in [-0.39, 0.29) is 204 Å². The molecule has 17 nitrogen and oxygen atoms in total. The third-order valence-electron chi connectivity index (χ3n) is 9.04. The van der Waals surface area contributed by atoms with Crippen LogP contribution >= 0.6 is 11.6 Å². The van der Waals surface area contributed by atoms with E-state index < -0.39 is 35.8 Å². The van der Waals surface area contributed by atoms with E-state index in [1.54, 1.807) is 13.8 Å². The van der Waals surface area contributed by atoms with Gasteiger partial charge in [0, 0.05) is 36.6 Å². The zero-order valence-electron chi connectivity index (χ0n) is 37.5. The van der Waals surface area contributed by atoms with Gasteiger partial charge in [-0.25, -0.2) is 9.59 Å². The number of amides is 6. The Morgan fingerprint density at radius 3 is 1.68 bits per heavy atom. The maximum absolute atomic E-state index is 13.1. The van der Waals surface area contributed by atoms with Crippen LogP contribution in [0.15, 0.2) is 33.3 Å². The zero-order valence-corrected chi connectivity index (χ0v) is 49.8. The van der Waals surface area contributed by atoms with E-state index in [9.17, 15) is 45.5 Å². The third kappa shape index (κ3) is 18.3. The summed E-state index contributed by atoms with van der Waals surface area (Å²) >= 11 is 5.58. The third-order valence-corrected chi connectivity index (χ3v) is 9.31. The van der Waals surface area contributed by atoms with Gasteiger partial charge in [0.1, 0.15) is 11.5 Å². The van der Waals surface area contributed by atoms with Crippen molar-refractivity contribution < 1.29 is 218 Å². The monoisotopic (exact) mass is 1190 g/mol. The summed E-state index contributed by atoms with van der Waals surface area (Å²) in [4.78, 5) is 57.3. The molecule has 2 aliphatic rings. The second-order valence-corrected chi connectivity index (χ2v) is 14.2. The van der Waals surface area contributed by atoms with Gasteiger partial charge in [0.15, 0.2) is 22.6 Å². The van der Waals surface area contributed by atoms with E-state index in [0.717, 1.165) is 11.3 Å². The second-order valence-electron chi connectivity index (χ2n) is 13.9. The fourth-order valence-electron chi connectivity index (χ4n) is 5.99. The number of alkyl halides is 7. The molecule has 2 atom stereocenters. The van der Waals surface area contributed by atoms with E-state index >= 15 is 0 Å². The van der Waals surface area contributed by atoms with Gasteiger partial charge in [0.2, 0.25) is 11.8 Å². The molecular formula is C39H47ClCs2F6N6O11. The molecule has 350 valence electrons. The van der Waals surface area contributed by atoms with Gasteiger partial charge in [-0.2, -0.15) is 26.3 Å². The summed E-state index contributed by atoms with van der Waals surface area (Å²) in [5.74, 6) is 0.601. The van der Waals surface area contributed by atoms with Crippen LogP contribution in [0, 0.1) is 11.8 Å². The maximum atomic E-state index is 13.1. The molecular weight excluding hydrogens is 1140 g/mol. The molecule has 6 amide bonds. The minimum atomic E-state index is -4.60. The smallest absolute Gasteiger partial charge is 1.00 e. The number of aryl methyl sites for hydroxylation is 2. The number of nitrogens with one attached hydrogen (secondary N) is 3. The van der Waals surface area contributed by atoms with E-state index in [2.05, 4.69) is 31.2 Å². The number of rotatable bonds is 14. The first-order valence-electron chi connectivity index (χ1n) is 19.5. The minimum absolute atomic E-state index is 0. The Hall–Kier alpha value is -1.74. The molecule has 4 heterocycles. The minimum Gasteiger partial charge on any atom is -1.00 e. The summed E-state index contributed by atoms with van der Waals surface area (Å²) in [5.41, 5.74) is -0.702. The Kier molecular flexibility index (Phi) is 28.3. The number of carbonyl (C=O) groups is 5. The summed E-state index contributed by atoms with van der Waals surface area (Å²) in [6.45, 7) is 8.71. The predicted molar refractivity (Wildman–Crippen MR) is 210 cm³/mol. The molecule has 4 aromatic rings. The molecule has 2 unspecified atom stereocenters. The first-order chi connectivity index (χ1) is 29.8.